The van der Waals surface area contributed by atoms with Gasteiger partial charge in [0.2, 0.25) is 5.91 Å². The number of nitro groups is 1. The fourth-order valence-electron chi connectivity index (χ4n) is 4.64. The molecule has 0 N–H and O–H groups in total. The lowest BCUT2D eigenvalue weighted by Crippen LogP contribution is -2.37. The molecule has 0 radical (unpaired) electrons. The second kappa shape index (κ2) is 8.73. The minimum atomic E-state index is -1.15. The molecule has 178 valence electrons. The molecule has 2 aliphatic rings. The molecule has 2 heterocycles. The van der Waals surface area contributed by atoms with E-state index >= 15 is 0 Å². The first-order valence-electron chi connectivity index (χ1n) is 10.8. The number of hydroxylamine groups is 1. The number of fused-ring (bicyclic) bond motifs is 1. The number of amides is 2. The normalized spacial score (nSPS) is 21.3. The number of imide groups is 1. The fraction of sp³-hybridized carbons (Fsp3) is 0.200. The molecule has 2 aliphatic heterocycles. The van der Waals surface area contributed by atoms with Crippen LogP contribution in [0.2, 0.25) is 0 Å². The molecule has 35 heavy (non-hydrogen) atoms. The van der Waals surface area contributed by atoms with E-state index in [1.807, 2.05) is 6.07 Å². The van der Waals surface area contributed by atoms with E-state index in [9.17, 15) is 19.7 Å². The number of ether oxygens (including phenoxy) is 2. The van der Waals surface area contributed by atoms with Crippen molar-refractivity contribution in [3.05, 3.63) is 88.5 Å². The van der Waals surface area contributed by atoms with Crippen LogP contribution in [-0.4, -0.2) is 37.1 Å². The van der Waals surface area contributed by atoms with Crippen LogP contribution in [-0.2, 0) is 14.4 Å². The van der Waals surface area contributed by atoms with Gasteiger partial charge in [-0.1, -0.05) is 36.4 Å². The molecule has 2 fully saturated rings. The van der Waals surface area contributed by atoms with Crippen molar-refractivity contribution in [1.82, 2.24) is 0 Å². The van der Waals surface area contributed by atoms with E-state index < -0.39 is 34.8 Å². The van der Waals surface area contributed by atoms with Gasteiger partial charge in [-0.25, -0.2) is 9.96 Å². The van der Waals surface area contributed by atoms with Gasteiger partial charge in [-0.15, -0.1) is 0 Å². The summed E-state index contributed by atoms with van der Waals surface area (Å²) in [5.41, 5.74) is 0.839. The van der Waals surface area contributed by atoms with Gasteiger partial charge in [0, 0.05) is 0 Å². The topological polar surface area (TPSA) is 111 Å². The van der Waals surface area contributed by atoms with Crippen LogP contribution >= 0.6 is 0 Å². The molecule has 2 amide bonds. The lowest BCUT2D eigenvalue weighted by molar-refractivity contribution is -0.385. The Kier molecular flexibility index (Phi) is 5.58. The Morgan fingerprint density at radius 1 is 0.857 bits per heavy atom. The number of anilines is 2. The first kappa shape index (κ1) is 22.4. The van der Waals surface area contributed by atoms with Gasteiger partial charge >= 0.3 is 0 Å². The van der Waals surface area contributed by atoms with Crippen LogP contribution in [0.1, 0.15) is 11.6 Å². The number of methoxy groups -OCH3 is 2. The number of hydrogen-bond donors (Lipinski definition) is 0. The van der Waals surface area contributed by atoms with E-state index in [1.54, 1.807) is 54.6 Å². The molecule has 0 saturated carbocycles. The quantitative estimate of drug-likeness (QED) is 0.302. The molecule has 5 rings (SSSR count). The van der Waals surface area contributed by atoms with Crippen molar-refractivity contribution < 1.29 is 28.8 Å². The lowest BCUT2D eigenvalue weighted by atomic mass is 9.89. The highest BCUT2D eigenvalue weighted by Crippen LogP contribution is 2.51. The molecule has 2 saturated heterocycles. The van der Waals surface area contributed by atoms with E-state index in [0.29, 0.717) is 11.4 Å². The molecular formula is C25H21N3O7. The molecule has 3 aromatic rings. The summed E-state index contributed by atoms with van der Waals surface area (Å²) in [6.45, 7) is 0. The summed E-state index contributed by atoms with van der Waals surface area (Å²) in [5.74, 6) is -1.64. The minimum absolute atomic E-state index is 0.167. The summed E-state index contributed by atoms with van der Waals surface area (Å²) in [7, 11) is 2.79. The molecule has 0 spiro atoms. The summed E-state index contributed by atoms with van der Waals surface area (Å²) in [4.78, 5) is 45.8. The Hall–Kier alpha value is -4.44. The molecule has 0 bridgehead atoms. The van der Waals surface area contributed by atoms with Gasteiger partial charge in [-0.2, -0.15) is 0 Å². The maximum atomic E-state index is 13.7. The van der Waals surface area contributed by atoms with Gasteiger partial charge in [0.1, 0.15) is 12.0 Å². The highest BCUT2D eigenvalue weighted by Gasteiger charge is 2.61. The maximum absolute atomic E-state index is 13.7. The van der Waals surface area contributed by atoms with Gasteiger partial charge in [-0.3, -0.25) is 24.5 Å². The highest BCUT2D eigenvalue weighted by atomic mass is 16.7. The monoisotopic (exact) mass is 475 g/mol. The molecule has 10 heteroatoms. The molecule has 10 nitrogen and oxygen atoms in total. The lowest BCUT2D eigenvalue weighted by Gasteiger charge is -2.28. The molecule has 3 aromatic carbocycles. The summed E-state index contributed by atoms with van der Waals surface area (Å²) in [6, 6.07) is 19.1. The van der Waals surface area contributed by atoms with E-state index in [1.165, 1.54) is 31.4 Å². The third-order valence-corrected chi connectivity index (χ3v) is 6.19. The number of carbonyl (C=O) groups is 2. The average molecular weight is 475 g/mol. The van der Waals surface area contributed by atoms with Gasteiger partial charge in [-0.05, 0) is 30.3 Å². The number of nitrogens with zero attached hydrogens (tertiary/aromatic N) is 3. The zero-order chi connectivity index (χ0) is 24.7. The molecular weight excluding hydrogens is 454 g/mol. The van der Waals surface area contributed by atoms with Crippen LogP contribution in [0.5, 0.6) is 11.5 Å². The van der Waals surface area contributed by atoms with Crippen molar-refractivity contribution in [1.29, 1.82) is 0 Å². The SMILES string of the molecule is COc1cc(C2C3C(=O)N(c4ccccc4)C(=O)C3ON2c2ccccc2)c([N+](=O)[O-])cc1OC. The second-order valence-electron chi connectivity index (χ2n) is 8.03. The Labute approximate surface area is 200 Å². The van der Waals surface area contributed by atoms with Gasteiger partial charge in [0.05, 0.1) is 42.1 Å². The molecule has 3 atom stereocenters. The van der Waals surface area contributed by atoms with Gasteiger partial charge in [0.15, 0.2) is 17.6 Å². The first-order chi connectivity index (χ1) is 17.0. The Bertz CT molecular complexity index is 1300. The predicted molar refractivity (Wildman–Crippen MR) is 125 cm³/mol. The fourth-order valence-corrected chi connectivity index (χ4v) is 4.64. The average Bonchev–Trinajstić information content (AvgIpc) is 3.39. The molecule has 3 unspecified atom stereocenters. The van der Waals surface area contributed by atoms with Crippen molar-refractivity contribution in [3.8, 4) is 11.5 Å². The van der Waals surface area contributed by atoms with Crippen molar-refractivity contribution in [2.24, 2.45) is 5.92 Å². The zero-order valence-corrected chi connectivity index (χ0v) is 18.9. The predicted octanol–water partition coefficient (Wildman–Crippen LogP) is 3.66. The summed E-state index contributed by atoms with van der Waals surface area (Å²) in [6.07, 6.45) is -1.15. The van der Waals surface area contributed by atoms with Crippen LogP contribution < -0.4 is 19.4 Å². The van der Waals surface area contributed by atoms with Crippen molar-refractivity contribution >= 4 is 28.9 Å². The van der Waals surface area contributed by atoms with E-state index in [0.717, 1.165) is 4.90 Å². The largest absolute Gasteiger partial charge is 0.493 e. The smallest absolute Gasteiger partial charge is 0.278 e. The van der Waals surface area contributed by atoms with Crippen molar-refractivity contribution in [3.63, 3.8) is 0 Å². The second-order valence-corrected chi connectivity index (χ2v) is 8.03. The van der Waals surface area contributed by atoms with Crippen LogP contribution in [0.4, 0.5) is 17.1 Å². The number of benzene rings is 3. The van der Waals surface area contributed by atoms with Crippen LogP contribution in [0.25, 0.3) is 0 Å². The third kappa shape index (κ3) is 3.55. The zero-order valence-electron chi connectivity index (χ0n) is 18.9. The van der Waals surface area contributed by atoms with Gasteiger partial charge in [0.25, 0.3) is 11.6 Å². The molecule has 0 aliphatic carbocycles. The Morgan fingerprint density at radius 3 is 2.00 bits per heavy atom. The number of carbonyl (C=O) groups excluding carboxylic acids is 2. The highest BCUT2D eigenvalue weighted by molar-refractivity contribution is 6.24. The third-order valence-electron chi connectivity index (χ3n) is 6.19. The van der Waals surface area contributed by atoms with E-state index in [-0.39, 0.29) is 22.7 Å². The summed E-state index contributed by atoms with van der Waals surface area (Å²) >= 11 is 0. The summed E-state index contributed by atoms with van der Waals surface area (Å²) < 4.78 is 10.6. The van der Waals surface area contributed by atoms with Crippen LogP contribution in [0, 0.1) is 16.0 Å². The number of hydrogen-bond acceptors (Lipinski definition) is 8. The number of nitro benzene ring substituents is 1. The maximum Gasteiger partial charge on any atom is 0.278 e. The van der Waals surface area contributed by atoms with E-state index in [4.69, 9.17) is 14.3 Å². The van der Waals surface area contributed by atoms with Crippen molar-refractivity contribution in [2.75, 3.05) is 24.2 Å². The number of para-hydroxylation sites is 2. The first-order valence-corrected chi connectivity index (χ1v) is 10.8. The van der Waals surface area contributed by atoms with Crippen LogP contribution in [0.3, 0.4) is 0 Å². The molecule has 0 aromatic heterocycles. The van der Waals surface area contributed by atoms with Gasteiger partial charge < -0.3 is 9.47 Å². The minimum Gasteiger partial charge on any atom is -0.493 e. The van der Waals surface area contributed by atoms with E-state index in [2.05, 4.69) is 0 Å². The van der Waals surface area contributed by atoms with Crippen LogP contribution in [0.15, 0.2) is 72.8 Å². The standard InChI is InChI=1S/C25H21N3O7/c1-33-19-13-17(18(28(31)32)14-20(19)34-2)22-21-23(35-27(22)16-11-7-4-8-12-16)25(30)26(24(21)29)15-9-5-3-6-10-15/h3-14,21-23H,1-2H3. The van der Waals surface area contributed by atoms with Crippen molar-refractivity contribution in [2.45, 2.75) is 12.1 Å². The Balaban J connectivity index is 1.69. The Morgan fingerprint density at radius 2 is 1.43 bits per heavy atom. The summed E-state index contributed by atoms with van der Waals surface area (Å²) in [5, 5.41) is 13.5. The number of rotatable bonds is 6.